The van der Waals surface area contributed by atoms with Crippen LogP contribution in [0.25, 0.3) is 6.08 Å². The average molecular weight is 376 g/mol. The lowest BCUT2D eigenvalue weighted by Gasteiger charge is -2.12. The van der Waals surface area contributed by atoms with Crippen molar-refractivity contribution in [3.63, 3.8) is 0 Å². The number of carbonyl (C=O) groups excluding carboxylic acids is 2. The van der Waals surface area contributed by atoms with Gasteiger partial charge < -0.3 is 9.47 Å². The van der Waals surface area contributed by atoms with E-state index in [1.54, 1.807) is 62.8 Å². The van der Waals surface area contributed by atoms with Crippen LogP contribution >= 0.6 is 23.4 Å². The van der Waals surface area contributed by atoms with Crippen molar-refractivity contribution in [1.82, 2.24) is 0 Å². The molecule has 1 heterocycles. The molecule has 0 unspecified atom stereocenters. The van der Waals surface area contributed by atoms with Crippen molar-refractivity contribution in [1.29, 1.82) is 0 Å². The van der Waals surface area contributed by atoms with E-state index in [0.717, 1.165) is 16.7 Å². The van der Waals surface area contributed by atoms with Gasteiger partial charge in [-0.3, -0.25) is 9.59 Å². The highest BCUT2D eigenvalue weighted by molar-refractivity contribution is 8.19. The molecule has 1 fully saturated rings. The standard InChI is InChI=1S/C18H14ClNO4S/c1-23-14-6-11(7-15(10-14)24-2)8-16-17(21)20(18(22)25-16)13-5-3-4-12(19)9-13/h3-10H,1-2H3/b16-8-. The largest absolute Gasteiger partial charge is 0.497 e. The molecule has 1 saturated heterocycles. The first-order valence-electron chi connectivity index (χ1n) is 7.28. The lowest BCUT2D eigenvalue weighted by Crippen LogP contribution is -2.27. The Kier molecular flexibility index (Phi) is 5.01. The first-order valence-corrected chi connectivity index (χ1v) is 8.48. The van der Waals surface area contributed by atoms with Crippen molar-refractivity contribution in [2.75, 3.05) is 19.1 Å². The second-order valence-corrected chi connectivity index (χ2v) is 6.57. The summed E-state index contributed by atoms with van der Waals surface area (Å²) in [6, 6.07) is 11.9. The van der Waals surface area contributed by atoms with E-state index in [0.29, 0.717) is 32.7 Å². The molecule has 1 aliphatic heterocycles. The number of benzene rings is 2. The molecule has 0 spiro atoms. The monoisotopic (exact) mass is 375 g/mol. The van der Waals surface area contributed by atoms with E-state index in [9.17, 15) is 9.59 Å². The number of rotatable bonds is 4. The van der Waals surface area contributed by atoms with Gasteiger partial charge in [-0.1, -0.05) is 17.7 Å². The summed E-state index contributed by atoms with van der Waals surface area (Å²) in [6.07, 6.45) is 1.64. The van der Waals surface area contributed by atoms with E-state index in [1.165, 1.54) is 0 Å². The molecule has 0 saturated carbocycles. The highest BCUT2D eigenvalue weighted by Crippen LogP contribution is 2.37. The molecule has 0 bridgehead atoms. The third-order valence-corrected chi connectivity index (χ3v) is 4.64. The van der Waals surface area contributed by atoms with Crippen LogP contribution in [0.3, 0.4) is 0 Å². The van der Waals surface area contributed by atoms with Crippen LogP contribution in [0.15, 0.2) is 47.4 Å². The van der Waals surface area contributed by atoms with E-state index >= 15 is 0 Å². The summed E-state index contributed by atoms with van der Waals surface area (Å²) < 4.78 is 10.4. The normalized spacial score (nSPS) is 15.8. The minimum atomic E-state index is -0.390. The Morgan fingerprint density at radius 3 is 2.32 bits per heavy atom. The number of hydrogen-bond acceptors (Lipinski definition) is 5. The zero-order chi connectivity index (χ0) is 18.0. The molecule has 3 rings (SSSR count). The maximum Gasteiger partial charge on any atom is 0.298 e. The second kappa shape index (κ2) is 7.21. The summed E-state index contributed by atoms with van der Waals surface area (Å²) in [5.41, 5.74) is 1.15. The molecule has 0 N–H and O–H groups in total. The second-order valence-electron chi connectivity index (χ2n) is 5.14. The Balaban J connectivity index is 1.95. The number of amides is 2. The smallest absolute Gasteiger partial charge is 0.298 e. The molecular formula is C18H14ClNO4S. The van der Waals surface area contributed by atoms with Gasteiger partial charge in [0.25, 0.3) is 11.1 Å². The fourth-order valence-corrected chi connectivity index (χ4v) is 3.40. The van der Waals surface area contributed by atoms with Crippen LogP contribution in [-0.4, -0.2) is 25.4 Å². The molecular weight excluding hydrogens is 362 g/mol. The molecule has 1 aliphatic rings. The molecule has 5 nitrogen and oxygen atoms in total. The van der Waals surface area contributed by atoms with Gasteiger partial charge in [0.15, 0.2) is 0 Å². The van der Waals surface area contributed by atoms with Crippen molar-refractivity contribution in [2.24, 2.45) is 0 Å². The minimum Gasteiger partial charge on any atom is -0.497 e. The first-order chi connectivity index (χ1) is 12.0. The third kappa shape index (κ3) is 3.65. The molecule has 25 heavy (non-hydrogen) atoms. The number of anilines is 1. The summed E-state index contributed by atoms with van der Waals surface area (Å²) in [6.45, 7) is 0. The number of nitrogens with zero attached hydrogens (tertiary/aromatic N) is 1. The van der Waals surface area contributed by atoms with Gasteiger partial charge in [0, 0.05) is 11.1 Å². The lowest BCUT2D eigenvalue weighted by atomic mass is 10.1. The molecule has 2 aromatic rings. The lowest BCUT2D eigenvalue weighted by molar-refractivity contribution is -0.113. The van der Waals surface area contributed by atoms with Crippen molar-refractivity contribution < 1.29 is 19.1 Å². The Labute approximate surface area is 154 Å². The van der Waals surface area contributed by atoms with Gasteiger partial charge in [0.05, 0.1) is 24.8 Å². The van der Waals surface area contributed by atoms with Crippen LogP contribution in [0.5, 0.6) is 11.5 Å². The molecule has 7 heteroatoms. The van der Waals surface area contributed by atoms with Gasteiger partial charge in [0.2, 0.25) is 0 Å². The van der Waals surface area contributed by atoms with Crippen LogP contribution in [0.2, 0.25) is 5.02 Å². The zero-order valence-electron chi connectivity index (χ0n) is 13.5. The minimum absolute atomic E-state index is 0.320. The summed E-state index contributed by atoms with van der Waals surface area (Å²) in [5.74, 6) is 0.804. The van der Waals surface area contributed by atoms with Gasteiger partial charge in [-0.2, -0.15) is 0 Å². The van der Waals surface area contributed by atoms with Gasteiger partial charge in [0.1, 0.15) is 11.5 Å². The molecule has 0 aliphatic carbocycles. The van der Waals surface area contributed by atoms with Crippen LogP contribution in [0, 0.1) is 0 Å². The fourth-order valence-electron chi connectivity index (χ4n) is 2.37. The first kappa shape index (κ1) is 17.4. The van der Waals surface area contributed by atoms with E-state index in [1.807, 2.05) is 0 Å². The average Bonchev–Trinajstić information content (AvgIpc) is 2.88. The predicted molar refractivity (Wildman–Crippen MR) is 99.4 cm³/mol. The Bertz CT molecular complexity index is 859. The molecule has 0 aromatic heterocycles. The molecule has 2 amide bonds. The number of methoxy groups -OCH3 is 2. The number of hydrogen-bond donors (Lipinski definition) is 0. The number of ether oxygens (including phenoxy) is 2. The van der Waals surface area contributed by atoms with Gasteiger partial charge >= 0.3 is 0 Å². The molecule has 0 radical (unpaired) electrons. The molecule has 128 valence electrons. The maximum atomic E-state index is 12.7. The number of halogens is 1. The molecule has 2 aromatic carbocycles. The topological polar surface area (TPSA) is 55.8 Å². The summed E-state index contributed by atoms with van der Waals surface area (Å²) in [5, 5.41) is 0.0893. The SMILES string of the molecule is COc1cc(/C=C2\SC(=O)N(c3cccc(Cl)c3)C2=O)cc(OC)c1. The Hall–Kier alpha value is -2.44. The Morgan fingerprint density at radius 2 is 1.72 bits per heavy atom. The van der Waals surface area contributed by atoms with Crippen LogP contribution in [0.4, 0.5) is 10.5 Å². The number of imide groups is 1. The van der Waals surface area contributed by atoms with Crippen molar-refractivity contribution in [3.8, 4) is 11.5 Å². The van der Waals surface area contributed by atoms with Crippen LogP contribution < -0.4 is 14.4 Å². The zero-order valence-corrected chi connectivity index (χ0v) is 15.1. The Morgan fingerprint density at radius 1 is 1.04 bits per heavy atom. The van der Waals surface area contributed by atoms with Crippen molar-refractivity contribution in [3.05, 3.63) is 58.0 Å². The van der Waals surface area contributed by atoms with Gasteiger partial charge in [-0.25, -0.2) is 4.90 Å². The summed E-state index contributed by atoms with van der Waals surface area (Å²) in [4.78, 5) is 26.4. The van der Waals surface area contributed by atoms with Crippen molar-refractivity contribution >= 4 is 46.3 Å². The fraction of sp³-hybridized carbons (Fsp3) is 0.111. The quantitative estimate of drug-likeness (QED) is 0.731. The van der Waals surface area contributed by atoms with Crippen molar-refractivity contribution in [2.45, 2.75) is 0 Å². The summed E-state index contributed by atoms with van der Waals surface area (Å²) in [7, 11) is 3.09. The predicted octanol–water partition coefficient (Wildman–Crippen LogP) is 4.60. The van der Waals surface area contributed by atoms with E-state index in [-0.39, 0.29) is 11.1 Å². The van der Waals surface area contributed by atoms with Crippen LogP contribution in [-0.2, 0) is 4.79 Å². The van der Waals surface area contributed by atoms with Crippen LogP contribution in [0.1, 0.15) is 5.56 Å². The highest BCUT2D eigenvalue weighted by atomic mass is 35.5. The van der Waals surface area contributed by atoms with E-state index in [4.69, 9.17) is 21.1 Å². The number of carbonyl (C=O) groups is 2. The number of thioether (sulfide) groups is 1. The highest BCUT2D eigenvalue weighted by Gasteiger charge is 2.36. The molecule has 0 atom stereocenters. The van der Waals surface area contributed by atoms with Gasteiger partial charge in [-0.15, -0.1) is 0 Å². The maximum absolute atomic E-state index is 12.7. The summed E-state index contributed by atoms with van der Waals surface area (Å²) >= 11 is 6.83. The van der Waals surface area contributed by atoms with E-state index in [2.05, 4.69) is 0 Å². The van der Waals surface area contributed by atoms with E-state index < -0.39 is 0 Å². The third-order valence-electron chi connectivity index (χ3n) is 3.53. The van der Waals surface area contributed by atoms with Gasteiger partial charge in [-0.05, 0) is 53.7 Å².